The van der Waals surface area contributed by atoms with Crippen LogP contribution in [-0.4, -0.2) is 48.9 Å². The second kappa shape index (κ2) is 6.68. The zero-order chi connectivity index (χ0) is 18.4. The third-order valence-electron chi connectivity index (χ3n) is 6.50. The number of fused-ring (bicyclic) bond motifs is 1. The molecule has 5 rings (SSSR count). The molecule has 3 heterocycles. The summed E-state index contributed by atoms with van der Waals surface area (Å²) in [6.45, 7) is 6.28. The van der Waals surface area contributed by atoms with Crippen LogP contribution in [0, 0.1) is 17.8 Å². The van der Waals surface area contributed by atoms with Gasteiger partial charge < -0.3 is 14.5 Å². The molecule has 2 aliphatic heterocycles. The Morgan fingerprint density at radius 1 is 1.22 bits per heavy atom. The number of hydrogen-bond donors (Lipinski definition) is 1. The first kappa shape index (κ1) is 16.8. The Morgan fingerprint density at radius 3 is 2.78 bits per heavy atom. The minimum Gasteiger partial charge on any atom is -0.378 e. The summed E-state index contributed by atoms with van der Waals surface area (Å²) >= 11 is 0. The average molecular weight is 366 g/mol. The molecular formula is C21H26N4O2. The lowest BCUT2D eigenvalue weighted by Crippen LogP contribution is -2.40. The molecule has 6 heteroatoms. The van der Waals surface area contributed by atoms with E-state index in [1.807, 2.05) is 0 Å². The smallest absolute Gasteiger partial charge is 0.254 e. The van der Waals surface area contributed by atoms with Gasteiger partial charge in [-0.3, -0.25) is 9.78 Å². The number of benzene rings is 1. The Kier molecular flexibility index (Phi) is 4.16. The van der Waals surface area contributed by atoms with Crippen molar-refractivity contribution in [3.63, 3.8) is 0 Å². The fraction of sp³-hybridized carbons (Fsp3) is 0.524. The van der Waals surface area contributed by atoms with Crippen molar-refractivity contribution in [1.82, 2.24) is 9.97 Å². The summed E-state index contributed by atoms with van der Waals surface area (Å²) < 4.78 is 5.43. The van der Waals surface area contributed by atoms with E-state index < -0.39 is 0 Å². The molecule has 3 aliphatic rings. The Balaban J connectivity index is 1.44. The van der Waals surface area contributed by atoms with Crippen molar-refractivity contribution in [2.75, 3.05) is 42.6 Å². The van der Waals surface area contributed by atoms with E-state index in [9.17, 15) is 4.79 Å². The highest BCUT2D eigenvalue weighted by Gasteiger charge is 2.59. The van der Waals surface area contributed by atoms with Gasteiger partial charge >= 0.3 is 0 Å². The zero-order valence-electron chi connectivity index (χ0n) is 15.7. The lowest BCUT2D eigenvalue weighted by molar-refractivity contribution is 0.122. The van der Waals surface area contributed by atoms with Crippen LogP contribution in [-0.2, 0) is 11.2 Å². The molecule has 6 nitrogen and oxygen atoms in total. The Labute approximate surface area is 159 Å². The predicted molar refractivity (Wildman–Crippen MR) is 105 cm³/mol. The third-order valence-corrected chi connectivity index (χ3v) is 6.50. The lowest BCUT2D eigenvalue weighted by Gasteiger charge is -2.31. The number of nitrogens with one attached hydrogen (secondary N) is 1. The number of H-pyrrole nitrogens is 1. The molecule has 3 unspecified atom stereocenters. The molecule has 2 saturated heterocycles. The van der Waals surface area contributed by atoms with Crippen molar-refractivity contribution in [1.29, 1.82) is 0 Å². The Morgan fingerprint density at radius 2 is 2.00 bits per heavy atom. The fourth-order valence-corrected chi connectivity index (χ4v) is 4.94. The maximum absolute atomic E-state index is 12.4. The zero-order valence-corrected chi connectivity index (χ0v) is 15.7. The summed E-state index contributed by atoms with van der Waals surface area (Å²) in [6, 6.07) is 12.7. The summed E-state index contributed by atoms with van der Waals surface area (Å²) in [6.07, 6.45) is 0.998. The highest BCUT2D eigenvalue weighted by atomic mass is 16.5. The normalized spacial score (nSPS) is 29.7. The van der Waals surface area contributed by atoms with Gasteiger partial charge in [0.15, 0.2) is 0 Å². The van der Waals surface area contributed by atoms with Gasteiger partial charge in [-0.2, -0.15) is 4.98 Å². The molecule has 142 valence electrons. The van der Waals surface area contributed by atoms with Gasteiger partial charge in [0, 0.05) is 31.7 Å². The number of anilines is 2. The molecule has 0 spiro atoms. The summed E-state index contributed by atoms with van der Waals surface area (Å²) in [5, 5.41) is 0. The third kappa shape index (κ3) is 3.12. The minimum atomic E-state index is -0.0754. The van der Waals surface area contributed by atoms with Gasteiger partial charge in [-0.05, 0) is 29.7 Å². The maximum Gasteiger partial charge on any atom is 0.254 e. The van der Waals surface area contributed by atoms with Crippen LogP contribution in [0.4, 0.5) is 11.8 Å². The highest BCUT2D eigenvalue weighted by molar-refractivity contribution is 5.47. The molecular weight excluding hydrogens is 340 g/mol. The van der Waals surface area contributed by atoms with Crippen molar-refractivity contribution < 1.29 is 4.74 Å². The quantitative estimate of drug-likeness (QED) is 0.896. The standard InChI is InChI=1S/C21H26N4O2/c1-14-16-13-25(17(20(14)16)11-15-5-3-2-4-6-15)21-22-18(12-19(26)23-21)24-7-9-27-10-8-24/h2-6,12,14,16-17,20H,7-11,13H2,1H3,(H,22,23,26)/t14?,16?,17-,20?/m1/s1. The van der Waals surface area contributed by atoms with Gasteiger partial charge in [0.25, 0.3) is 5.56 Å². The molecule has 1 saturated carbocycles. The molecule has 4 atom stereocenters. The van der Waals surface area contributed by atoms with Gasteiger partial charge in [0.1, 0.15) is 5.82 Å². The second-order valence-corrected chi connectivity index (χ2v) is 8.04. The van der Waals surface area contributed by atoms with Crippen molar-refractivity contribution in [2.24, 2.45) is 17.8 Å². The number of nitrogens with zero attached hydrogens (tertiary/aromatic N) is 3. The van der Waals surface area contributed by atoms with E-state index in [2.05, 4.69) is 52.0 Å². The van der Waals surface area contributed by atoms with Gasteiger partial charge in [0.2, 0.25) is 5.95 Å². The number of morpholine rings is 1. The summed E-state index contributed by atoms with van der Waals surface area (Å²) in [4.78, 5) is 24.7. The van der Waals surface area contributed by atoms with E-state index in [1.165, 1.54) is 5.56 Å². The first-order chi connectivity index (χ1) is 13.2. The molecule has 0 radical (unpaired) electrons. The number of rotatable bonds is 4. The summed E-state index contributed by atoms with van der Waals surface area (Å²) in [5.41, 5.74) is 1.27. The largest absolute Gasteiger partial charge is 0.378 e. The van der Waals surface area contributed by atoms with Crippen LogP contribution >= 0.6 is 0 Å². The topological polar surface area (TPSA) is 61.5 Å². The van der Waals surface area contributed by atoms with E-state index >= 15 is 0 Å². The average Bonchev–Trinajstić information content (AvgIpc) is 3.16. The van der Waals surface area contributed by atoms with Gasteiger partial charge in [-0.15, -0.1) is 0 Å². The van der Waals surface area contributed by atoms with Gasteiger partial charge in [-0.1, -0.05) is 37.3 Å². The molecule has 1 aromatic carbocycles. The minimum absolute atomic E-state index is 0.0754. The molecule has 1 aromatic heterocycles. The van der Waals surface area contributed by atoms with Crippen molar-refractivity contribution >= 4 is 11.8 Å². The first-order valence-electron chi connectivity index (χ1n) is 9.95. The number of ether oxygens (including phenoxy) is 1. The molecule has 0 bridgehead atoms. The van der Waals surface area contributed by atoms with E-state index in [4.69, 9.17) is 9.72 Å². The van der Waals surface area contributed by atoms with E-state index in [0.29, 0.717) is 25.2 Å². The van der Waals surface area contributed by atoms with E-state index in [-0.39, 0.29) is 5.56 Å². The lowest BCUT2D eigenvalue weighted by atomic mass is 10.0. The Hall–Kier alpha value is -2.34. The van der Waals surface area contributed by atoms with Crippen LogP contribution in [0.2, 0.25) is 0 Å². The van der Waals surface area contributed by atoms with E-state index in [0.717, 1.165) is 49.7 Å². The number of piperidine rings is 1. The number of aromatic nitrogens is 2. The highest BCUT2D eigenvalue weighted by Crippen LogP contribution is 2.56. The molecule has 1 N–H and O–H groups in total. The van der Waals surface area contributed by atoms with Crippen molar-refractivity contribution in [3.05, 3.63) is 52.3 Å². The van der Waals surface area contributed by atoms with E-state index in [1.54, 1.807) is 6.07 Å². The fourth-order valence-electron chi connectivity index (χ4n) is 4.94. The van der Waals surface area contributed by atoms with Gasteiger partial charge in [0.05, 0.1) is 13.2 Å². The number of hydrogen-bond acceptors (Lipinski definition) is 5. The van der Waals surface area contributed by atoms with Crippen LogP contribution in [0.25, 0.3) is 0 Å². The molecule has 27 heavy (non-hydrogen) atoms. The maximum atomic E-state index is 12.4. The molecule has 2 aromatic rings. The number of aromatic amines is 1. The molecule has 0 amide bonds. The van der Waals surface area contributed by atoms with Crippen LogP contribution in [0.15, 0.2) is 41.2 Å². The Bertz CT molecular complexity index is 862. The SMILES string of the molecule is CC1C2CN(c3nc(N4CCOCC4)cc(=O)[nH]3)[C@H](Cc3ccccc3)C12. The van der Waals surface area contributed by atoms with Crippen LogP contribution in [0.1, 0.15) is 12.5 Å². The summed E-state index contributed by atoms with van der Waals surface area (Å²) in [7, 11) is 0. The second-order valence-electron chi connectivity index (χ2n) is 8.04. The van der Waals surface area contributed by atoms with Crippen LogP contribution in [0.5, 0.6) is 0 Å². The van der Waals surface area contributed by atoms with Crippen molar-refractivity contribution in [3.8, 4) is 0 Å². The van der Waals surface area contributed by atoms with Crippen molar-refractivity contribution in [2.45, 2.75) is 19.4 Å². The molecule has 3 fully saturated rings. The monoisotopic (exact) mass is 366 g/mol. The van der Waals surface area contributed by atoms with Gasteiger partial charge in [-0.25, -0.2) is 0 Å². The first-order valence-corrected chi connectivity index (χ1v) is 9.95. The molecule has 1 aliphatic carbocycles. The van der Waals surface area contributed by atoms with Crippen LogP contribution < -0.4 is 15.4 Å². The van der Waals surface area contributed by atoms with Crippen LogP contribution in [0.3, 0.4) is 0 Å². The summed E-state index contributed by atoms with van der Waals surface area (Å²) in [5.74, 6) is 3.68. The predicted octanol–water partition coefficient (Wildman–Crippen LogP) is 1.92.